The molecule has 0 atom stereocenters. The molecule has 1 aliphatic rings. The molecule has 0 heterocycles. The van der Waals surface area contributed by atoms with Crippen molar-refractivity contribution in [3.05, 3.63) is 23.6 Å². The Morgan fingerprint density at radius 2 is 1.67 bits per heavy atom. The number of nitrogens with zero attached hydrogens (tertiary/aromatic N) is 1. The number of carbonyl (C=O) groups excluding carboxylic acids is 1. The molecule has 5 heteroatoms. The van der Waals surface area contributed by atoms with Gasteiger partial charge in [-0.25, -0.2) is 0 Å². The SMILES string of the molecule is CC(C)(C)CN=C1C=C(NCC(C)(C)C)C(=O)C=C1[O-].[Li+]. The van der Waals surface area contributed by atoms with Gasteiger partial charge < -0.3 is 10.4 Å². The molecule has 0 saturated heterocycles. The summed E-state index contributed by atoms with van der Waals surface area (Å²) in [6.07, 6.45) is 2.69. The molecular weight excluding hydrogens is 259 g/mol. The molecule has 112 valence electrons. The number of nitrogens with one attached hydrogen (secondary N) is 1. The fourth-order valence-corrected chi connectivity index (χ4v) is 1.49. The predicted octanol–water partition coefficient (Wildman–Crippen LogP) is -1.18. The fourth-order valence-electron chi connectivity index (χ4n) is 1.49. The largest absolute Gasteiger partial charge is 1.00 e. The summed E-state index contributed by atoms with van der Waals surface area (Å²) in [7, 11) is 0. The summed E-state index contributed by atoms with van der Waals surface area (Å²) in [5.41, 5.74) is 0.885. The Hall–Kier alpha value is -0.983. The smallest absolute Gasteiger partial charge is 0.871 e. The maximum atomic E-state index is 11.8. The van der Waals surface area contributed by atoms with Gasteiger partial charge in [-0.3, -0.25) is 9.79 Å². The maximum absolute atomic E-state index is 11.8. The van der Waals surface area contributed by atoms with Crippen molar-refractivity contribution in [3.8, 4) is 0 Å². The van der Waals surface area contributed by atoms with Gasteiger partial charge in [0.2, 0.25) is 5.78 Å². The number of carbonyl (C=O) groups is 1. The first-order chi connectivity index (χ1) is 8.98. The van der Waals surface area contributed by atoms with Crippen LogP contribution in [0.15, 0.2) is 28.6 Å². The number of ketones is 1. The monoisotopic (exact) mass is 284 g/mol. The van der Waals surface area contributed by atoms with Gasteiger partial charge >= 0.3 is 18.9 Å². The molecule has 1 N–H and O–H groups in total. The Labute approximate surface area is 140 Å². The fraction of sp³-hybridized carbons (Fsp3) is 0.625. The molecule has 1 aliphatic carbocycles. The third-order valence-corrected chi connectivity index (χ3v) is 2.59. The van der Waals surface area contributed by atoms with Gasteiger partial charge in [0.1, 0.15) is 0 Å². The van der Waals surface area contributed by atoms with E-state index in [4.69, 9.17) is 0 Å². The standard InChI is InChI=1S/C16H26N2O2.Li/c1-15(2,3)9-17-11-7-12(14(20)8-13(11)19)18-10-16(4,5)6;/h7-8,17,20H,9-10H2,1-6H3;/q;+1/p-1. The third kappa shape index (κ3) is 7.54. The van der Waals surface area contributed by atoms with Gasteiger partial charge in [-0.15, -0.1) is 0 Å². The van der Waals surface area contributed by atoms with Crippen LogP contribution in [0.4, 0.5) is 0 Å². The number of rotatable bonds is 3. The molecule has 0 fully saturated rings. The van der Waals surface area contributed by atoms with Gasteiger partial charge in [0, 0.05) is 13.1 Å². The second kappa shape index (κ2) is 7.33. The first-order valence-electron chi connectivity index (χ1n) is 6.91. The van der Waals surface area contributed by atoms with E-state index < -0.39 is 0 Å². The van der Waals surface area contributed by atoms with Crippen LogP contribution < -0.4 is 29.3 Å². The molecular formula is C16H25LiN2O2. The minimum absolute atomic E-state index is 0. The molecule has 4 nitrogen and oxygen atoms in total. The first-order valence-corrected chi connectivity index (χ1v) is 6.91. The topological polar surface area (TPSA) is 64.5 Å². The van der Waals surface area contributed by atoms with E-state index in [0.717, 1.165) is 6.08 Å². The molecule has 21 heavy (non-hydrogen) atoms. The van der Waals surface area contributed by atoms with Crippen molar-refractivity contribution in [1.82, 2.24) is 5.32 Å². The Morgan fingerprint density at radius 3 is 2.14 bits per heavy atom. The van der Waals surface area contributed by atoms with Gasteiger partial charge in [0.05, 0.1) is 11.4 Å². The summed E-state index contributed by atoms with van der Waals surface area (Å²) in [4.78, 5) is 16.1. The number of hydrogen-bond donors (Lipinski definition) is 1. The summed E-state index contributed by atoms with van der Waals surface area (Å²) >= 11 is 0. The molecule has 1 rings (SSSR count). The van der Waals surface area contributed by atoms with Gasteiger partial charge in [0.15, 0.2) is 0 Å². The van der Waals surface area contributed by atoms with Crippen LogP contribution in [0.3, 0.4) is 0 Å². The van der Waals surface area contributed by atoms with Crippen LogP contribution in [0.25, 0.3) is 0 Å². The van der Waals surface area contributed by atoms with E-state index in [1.807, 2.05) is 0 Å². The Bertz CT molecular complexity index is 477. The number of aliphatic imine (C=N–C) groups is 1. The van der Waals surface area contributed by atoms with E-state index in [1.54, 1.807) is 6.08 Å². The van der Waals surface area contributed by atoms with E-state index in [-0.39, 0.29) is 41.2 Å². The molecule has 0 saturated carbocycles. The quantitative estimate of drug-likeness (QED) is 0.524. The summed E-state index contributed by atoms with van der Waals surface area (Å²) in [6, 6.07) is 0. The second-order valence-electron chi connectivity index (χ2n) is 7.61. The summed E-state index contributed by atoms with van der Waals surface area (Å²) < 4.78 is 0. The number of hydrogen-bond acceptors (Lipinski definition) is 4. The number of allylic oxidation sites excluding steroid dienone is 2. The van der Waals surface area contributed by atoms with Gasteiger partial charge in [-0.05, 0) is 23.0 Å². The molecule has 0 spiro atoms. The zero-order chi connectivity index (χ0) is 15.6. The third-order valence-electron chi connectivity index (χ3n) is 2.59. The van der Waals surface area contributed by atoms with E-state index in [0.29, 0.717) is 24.5 Å². The molecule has 0 radical (unpaired) electrons. The first kappa shape index (κ1) is 20.0. The molecule has 0 aromatic carbocycles. The van der Waals surface area contributed by atoms with Crippen molar-refractivity contribution in [2.75, 3.05) is 13.1 Å². The van der Waals surface area contributed by atoms with Crippen molar-refractivity contribution >= 4 is 11.5 Å². The maximum Gasteiger partial charge on any atom is 1.00 e. The molecule has 0 aromatic rings. The van der Waals surface area contributed by atoms with Crippen LogP contribution >= 0.6 is 0 Å². The zero-order valence-electron chi connectivity index (χ0n) is 14.3. The van der Waals surface area contributed by atoms with Crippen LogP contribution in [0, 0.1) is 10.8 Å². The molecule has 0 aromatic heterocycles. The van der Waals surface area contributed by atoms with Crippen molar-refractivity contribution < 1.29 is 28.8 Å². The molecule has 0 amide bonds. The minimum Gasteiger partial charge on any atom is -0.871 e. The zero-order valence-corrected chi connectivity index (χ0v) is 14.3. The van der Waals surface area contributed by atoms with Crippen LogP contribution in [0.2, 0.25) is 0 Å². The van der Waals surface area contributed by atoms with Gasteiger partial charge in [-0.2, -0.15) is 0 Å². The van der Waals surface area contributed by atoms with Crippen molar-refractivity contribution in [2.24, 2.45) is 15.8 Å². The average Bonchev–Trinajstić information content (AvgIpc) is 2.24. The summed E-state index contributed by atoms with van der Waals surface area (Å²) in [6.45, 7) is 13.6. The van der Waals surface area contributed by atoms with E-state index >= 15 is 0 Å². The molecule has 0 unspecified atom stereocenters. The van der Waals surface area contributed by atoms with Crippen LogP contribution in [-0.2, 0) is 4.79 Å². The Morgan fingerprint density at radius 1 is 1.10 bits per heavy atom. The van der Waals surface area contributed by atoms with Gasteiger partial charge in [-0.1, -0.05) is 47.3 Å². The Balaban J connectivity index is 0.00000400. The minimum atomic E-state index is -0.305. The van der Waals surface area contributed by atoms with Gasteiger partial charge in [0.25, 0.3) is 0 Å². The van der Waals surface area contributed by atoms with Crippen LogP contribution in [-0.4, -0.2) is 24.6 Å². The Kier molecular flexibility index (Phi) is 6.99. The summed E-state index contributed by atoms with van der Waals surface area (Å²) in [5.74, 6) is -0.575. The van der Waals surface area contributed by atoms with Crippen molar-refractivity contribution in [1.29, 1.82) is 0 Å². The van der Waals surface area contributed by atoms with E-state index in [2.05, 4.69) is 51.9 Å². The van der Waals surface area contributed by atoms with Crippen LogP contribution in [0.1, 0.15) is 41.5 Å². The second-order valence-corrected chi connectivity index (χ2v) is 7.61. The van der Waals surface area contributed by atoms with Crippen molar-refractivity contribution in [2.45, 2.75) is 41.5 Å². The summed E-state index contributed by atoms with van der Waals surface area (Å²) in [5, 5.41) is 14.9. The normalized spacial score (nSPS) is 18.0. The van der Waals surface area contributed by atoms with E-state index in [1.165, 1.54) is 0 Å². The average molecular weight is 284 g/mol. The van der Waals surface area contributed by atoms with E-state index in [9.17, 15) is 9.90 Å². The van der Waals surface area contributed by atoms with Crippen LogP contribution in [0.5, 0.6) is 0 Å². The molecule has 0 aliphatic heterocycles. The molecule has 0 bridgehead atoms. The van der Waals surface area contributed by atoms with Crippen molar-refractivity contribution in [3.63, 3.8) is 0 Å². The predicted molar refractivity (Wildman–Crippen MR) is 80.4 cm³/mol.